The lowest BCUT2D eigenvalue weighted by atomic mass is 10.0. The van der Waals surface area contributed by atoms with E-state index < -0.39 is 0 Å². The van der Waals surface area contributed by atoms with Gasteiger partial charge in [-0.3, -0.25) is 4.79 Å². The number of hydrogen-bond acceptors (Lipinski definition) is 1. The van der Waals surface area contributed by atoms with Gasteiger partial charge in [-0.05, 0) is 55.8 Å². The first-order chi connectivity index (χ1) is 12.5. The smallest absolute Gasteiger partial charge is 0.256 e. The zero-order chi connectivity index (χ0) is 18.4. The molecule has 2 aromatic carbocycles. The second kappa shape index (κ2) is 6.35. The quantitative estimate of drug-likeness (QED) is 0.550. The Balaban J connectivity index is 1.83. The minimum Gasteiger partial charge on any atom is -0.321 e. The van der Waals surface area contributed by atoms with E-state index in [0.717, 1.165) is 33.9 Å². The van der Waals surface area contributed by atoms with Crippen LogP contribution in [0.4, 0.5) is 5.69 Å². The van der Waals surface area contributed by atoms with Crippen LogP contribution in [0, 0.1) is 13.8 Å². The number of anilines is 1. The van der Waals surface area contributed by atoms with Crippen molar-refractivity contribution in [1.29, 1.82) is 0 Å². The molecule has 0 unspecified atom stereocenters. The number of amides is 1. The van der Waals surface area contributed by atoms with E-state index >= 15 is 0 Å². The second-order valence-electron chi connectivity index (χ2n) is 6.32. The summed E-state index contributed by atoms with van der Waals surface area (Å²) in [5.74, 6) is -0.0782. The van der Waals surface area contributed by atoms with Gasteiger partial charge in [-0.15, -0.1) is 0 Å². The second-order valence-corrected chi connectivity index (χ2v) is 7.13. The summed E-state index contributed by atoms with van der Waals surface area (Å²) in [6, 6.07) is 15.4. The summed E-state index contributed by atoms with van der Waals surface area (Å²) in [6.45, 7) is 4.06. The molecular formula is C21H16Cl2N2O. The van der Waals surface area contributed by atoms with Gasteiger partial charge in [-0.25, -0.2) is 0 Å². The largest absolute Gasteiger partial charge is 0.321 e. The number of carbonyl (C=O) groups excluding carboxylic acids is 1. The van der Waals surface area contributed by atoms with Gasteiger partial charge in [0, 0.05) is 33.9 Å². The Hall–Kier alpha value is -2.49. The van der Waals surface area contributed by atoms with Crippen LogP contribution in [0.3, 0.4) is 0 Å². The molecule has 3 nitrogen and oxygen atoms in total. The zero-order valence-electron chi connectivity index (χ0n) is 14.3. The van der Waals surface area contributed by atoms with E-state index in [9.17, 15) is 4.79 Å². The number of aryl methyl sites for hydroxylation is 1. The van der Waals surface area contributed by atoms with Crippen LogP contribution in [-0.4, -0.2) is 10.5 Å². The zero-order valence-corrected chi connectivity index (χ0v) is 15.8. The van der Waals surface area contributed by atoms with Gasteiger partial charge in [0.15, 0.2) is 0 Å². The van der Waals surface area contributed by atoms with Crippen molar-refractivity contribution in [3.05, 3.63) is 81.1 Å². The molecule has 0 spiro atoms. The number of para-hydroxylation sites is 1. The number of nitrogens with zero attached hydrogens (tertiary/aromatic N) is 1. The summed E-state index contributed by atoms with van der Waals surface area (Å²) in [6.07, 6.45) is 1.94. The van der Waals surface area contributed by atoms with Crippen molar-refractivity contribution in [3.63, 3.8) is 0 Å². The molecule has 2 heterocycles. The molecule has 26 heavy (non-hydrogen) atoms. The lowest BCUT2D eigenvalue weighted by Gasteiger charge is -2.10. The van der Waals surface area contributed by atoms with Gasteiger partial charge in [-0.2, -0.15) is 0 Å². The Morgan fingerprint density at radius 1 is 1.00 bits per heavy atom. The minimum atomic E-state index is -0.0782. The van der Waals surface area contributed by atoms with Crippen LogP contribution in [-0.2, 0) is 4.79 Å². The average molecular weight is 383 g/mol. The van der Waals surface area contributed by atoms with Gasteiger partial charge in [0.1, 0.15) is 0 Å². The number of benzene rings is 2. The van der Waals surface area contributed by atoms with Gasteiger partial charge in [-0.1, -0.05) is 41.4 Å². The van der Waals surface area contributed by atoms with E-state index in [4.69, 9.17) is 23.2 Å². The standard InChI is InChI=1S/C21H16Cl2N2O/c1-12-9-14(10-17-16-5-3-4-6-20(16)24-21(17)26)13(2)25(12)15-7-8-18(22)19(23)11-15/h3-11H,1-2H3,(H,24,26). The molecule has 1 aliphatic rings. The first-order valence-corrected chi connectivity index (χ1v) is 8.98. The molecule has 0 saturated heterocycles. The van der Waals surface area contributed by atoms with Crippen molar-refractivity contribution in [1.82, 2.24) is 4.57 Å². The first kappa shape index (κ1) is 17.0. The third-order valence-electron chi connectivity index (χ3n) is 4.64. The summed E-state index contributed by atoms with van der Waals surface area (Å²) in [5.41, 5.74) is 6.48. The van der Waals surface area contributed by atoms with Gasteiger partial charge in [0.05, 0.1) is 10.0 Å². The van der Waals surface area contributed by atoms with Crippen LogP contribution < -0.4 is 5.32 Å². The van der Waals surface area contributed by atoms with Crippen molar-refractivity contribution in [2.75, 3.05) is 5.32 Å². The molecule has 0 fully saturated rings. The van der Waals surface area contributed by atoms with E-state index in [1.807, 2.05) is 56.3 Å². The number of carbonyl (C=O) groups is 1. The van der Waals surface area contributed by atoms with E-state index in [-0.39, 0.29) is 5.91 Å². The maximum absolute atomic E-state index is 12.4. The molecule has 1 N–H and O–H groups in total. The molecule has 0 atom stereocenters. The molecule has 3 aromatic rings. The molecule has 5 heteroatoms. The summed E-state index contributed by atoms with van der Waals surface area (Å²) < 4.78 is 2.10. The summed E-state index contributed by atoms with van der Waals surface area (Å²) in [7, 11) is 0. The minimum absolute atomic E-state index is 0.0782. The highest BCUT2D eigenvalue weighted by Crippen LogP contribution is 2.34. The molecule has 4 rings (SSSR count). The normalized spacial score (nSPS) is 14.6. The first-order valence-electron chi connectivity index (χ1n) is 8.22. The molecular weight excluding hydrogens is 367 g/mol. The van der Waals surface area contributed by atoms with E-state index in [1.54, 1.807) is 6.07 Å². The van der Waals surface area contributed by atoms with Gasteiger partial charge >= 0.3 is 0 Å². The van der Waals surface area contributed by atoms with Crippen molar-refractivity contribution >= 4 is 46.4 Å². The van der Waals surface area contributed by atoms with Crippen LogP contribution in [0.15, 0.2) is 48.5 Å². The average Bonchev–Trinajstić information content (AvgIpc) is 3.07. The van der Waals surface area contributed by atoms with Crippen molar-refractivity contribution in [3.8, 4) is 5.69 Å². The molecule has 0 radical (unpaired) electrons. The van der Waals surface area contributed by atoms with Crippen molar-refractivity contribution in [2.24, 2.45) is 0 Å². The number of hydrogen-bond donors (Lipinski definition) is 1. The molecule has 0 saturated carbocycles. The Kier molecular flexibility index (Phi) is 4.14. The van der Waals surface area contributed by atoms with Gasteiger partial charge in [0.25, 0.3) is 5.91 Å². The van der Waals surface area contributed by atoms with Crippen LogP contribution in [0.1, 0.15) is 22.5 Å². The highest BCUT2D eigenvalue weighted by atomic mass is 35.5. The number of aromatic nitrogens is 1. The fourth-order valence-electron chi connectivity index (χ4n) is 3.39. The maximum atomic E-state index is 12.4. The summed E-state index contributed by atoms with van der Waals surface area (Å²) in [4.78, 5) is 12.4. The molecule has 1 aromatic heterocycles. The third kappa shape index (κ3) is 2.74. The number of rotatable bonds is 2. The van der Waals surface area contributed by atoms with Gasteiger partial charge < -0.3 is 9.88 Å². The molecule has 1 amide bonds. The number of fused-ring (bicyclic) bond motifs is 1. The van der Waals surface area contributed by atoms with E-state index in [2.05, 4.69) is 16.0 Å². The third-order valence-corrected chi connectivity index (χ3v) is 5.38. The highest BCUT2D eigenvalue weighted by Gasteiger charge is 2.24. The van der Waals surface area contributed by atoms with Crippen LogP contribution in [0.5, 0.6) is 0 Å². The van der Waals surface area contributed by atoms with Crippen molar-refractivity contribution in [2.45, 2.75) is 13.8 Å². The molecule has 1 aliphatic heterocycles. The fourth-order valence-corrected chi connectivity index (χ4v) is 3.69. The topological polar surface area (TPSA) is 34.0 Å². The Morgan fingerprint density at radius 2 is 1.77 bits per heavy atom. The maximum Gasteiger partial charge on any atom is 0.256 e. The predicted octanol–water partition coefficient (Wildman–Crippen LogP) is 5.89. The highest BCUT2D eigenvalue weighted by molar-refractivity contribution is 6.42. The summed E-state index contributed by atoms with van der Waals surface area (Å²) >= 11 is 12.2. The van der Waals surface area contributed by atoms with Crippen LogP contribution in [0.2, 0.25) is 10.0 Å². The van der Waals surface area contributed by atoms with Crippen LogP contribution in [0.25, 0.3) is 17.3 Å². The monoisotopic (exact) mass is 382 g/mol. The predicted molar refractivity (Wildman–Crippen MR) is 108 cm³/mol. The van der Waals surface area contributed by atoms with Crippen LogP contribution >= 0.6 is 23.2 Å². The lowest BCUT2D eigenvalue weighted by molar-refractivity contribution is -0.110. The summed E-state index contributed by atoms with van der Waals surface area (Å²) in [5, 5.41) is 3.95. The Bertz CT molecular complexity index is 1080. The number of nitrogens with one attached hydrogen (secondary N) is 1. The Labute approximate surface area is 161 Å². The SMILES string of the molecule is Cc1cc(C=C2C(=O)Nc3ccccc32)c(C)n1-c1ccc(Cl)c(Cl)c1. The molecule has 0 aliphatic carbocycles. The van der Waals surface area contributed by atoms with E-state index in [1.165, 1.54) is 0 Å². The fraction of sp³-hybridized carbons (Fsp3) is 0.0952. The van der Waals surface area contributed by atoms with Gasteiger partial charge in [0.2, 0.25) is 0 Å². The van der Waals surface area contributed by atoms with Crippen molar-refractivity contribution < 1.29 is 4.79 Å². The molecule has 130 valence electrons. The van der Waals surface area contributed by atoms with E-state index in [0.29, 0.717) is 15.6 Å². The molecule has 0 bridgehead atoms. The lowest BCUT2D eigenvalue weighted by Crippen LogP contribution is -2.03. The number of halogens is 2. The Morgan fingerprint density at radius 3 is 2.54 bits per heavy atom.